The Morgan fingerprint density at radius 3 is 1.75 bits per heavy atom. The summed E-state index contributed by atoms with van der Waals surface area (Å²) in [7, 11) is 0. The average molecular weight is 96.1 g/mol. The van der Waals surface area contributed by atoms with Gasteiger partial charge in [0.1, 0.15) is 0 Å². The molecule has 26 valence electrons. The van der Waals surface area contributed by atoms with E-state index >= 15 is 0 Å². The van der Waals surface area contributed by atoms with Crippen LogP contribution in [0.2, 0.25) is 0 Å². The Morgan fingerprint density at radius 2 is 1.75 bits per heavy atom. The molecule has 0 saturated heterocycles. The minimum Gasteiger partial charge on any atom is -0.291 e. The summed E-state index contributed by atoms with van der Waals surface area (Å²) in [5, 5.41) is 0. The van der Waals surface area contributed by atoms with Gasteiger partial charge >= 0.3 is 0 Å². The first kappa shape index (κ1) is 8.82. The van der Waals surface area contributed by atoms with E-state index in [4.69, 9.17) is 4.79 Å². The maximum Gasteiger partial charge on any atom is 0.173 e. The summed E-state index contributed by atoms with van der Waals surface area (Å²) >= 11 is 3.11. The first-order valence-electron chi connectivity index (χ1n) is 0.494. The summed E-state index contributed by atoms with van der Waals surface area (Å²) in [4.78, 5) is 8.67. The van der Waals surface area contributed by atoms with Crippen LogP contribution in [0.3, 0.4) is 0 Å². The molecule has 0 aliphatic rings. The van der Waals surface area contributed by atoms with Gasteiger partial charge in [-0.15, -0.1) is 12.6 Å². The van der Waals surface area contributed by atoms with Crippen LogP contribution in [0.25, 0.3) is 0 Å². The Hall–Kier alpha value is 0.450. The van der Waals surface area contributed by atoms with E-state index in [0.29, 0.717) is 5.62 Å². The first-order valence-corrected chi connectivity index (χ1v) is 1.01. The molecule has 0 N–H and O–H groups in total. The normalized spacial score (nSPS) is 3.25. The molecule has 1 unspecified atom stereocenters. The molecule has 0 aromatic carbocycles. The lowest BCUT2D eigenvalue weighted by Crippen LogP contribution is -1.25. The molecule has 0 saturated carbocycles. The van der Waals surface area contributed by atoms with E-state index in [1.807, 2.05) is 0 Å². The molecular formula is CH5OPS. The topological polar surface area (TPSA) is 17.1 Å². The Bertz CT molecular complexity index is 15.5. The highest BCUT2D eigenvalue weighted by atomic mass is 32.1. The summed E-state index contributed by atoms with van der Waals surface area (Å²) in [5.74, 6) is 0. The first-order chi connectivity index (χ1) is 1.41. The molecule has 0 rings (SSSR count). The zero-order chi connectivity index (χ0) is 2.71. The standard InChI is InChI=1S/CH2OS.H3P/c2-1-3;/h1H,(H,2,3);1H3. The van der Waals surface area contributed by atoms with Crippen molar-refractivity contribution in [1.29, 1.82) is 0 Å². The van der Waals surface area contributed by atoms with Gasteiger partial charge in [-0.3, -0.25) is 4.79 Å². The molecule has 1 nitrogen and oxygen atoms in total. The fraction of sp³-hybridized carbons (Fsp3) is 0. The molecule has 0 aliphatic carbocycles. The number of hydrogen-bond acceptors (Lipinski definition) is 1. The largest absolute Gasteiger partial charge is 0.291 e. The van der Waals surface area contributed by atoms with Crippen molar-refractivity contribution in [2.24, 2.45) is 0 Å². The van der Waals surface area contributed by atoms with E-state index in [1.54, 1.807) is 0 Å². The van der Waals surface area contributed by atoms with E-state index in [1.165, 1.54) is 0 Å². The molecule has 0 bridgehead atoms. The van der Waals surface area contributed by atoms with Gasteiger partial charge in [0.25, 0.3) is 0 Å². The predicted molar refractivity (Wildman–Crippen MR) is 26.8 cm³/mol. The Morgan fingerprint density at radius 1 is 1.75 bits per heavy atom. The SMILES string of the molecule is O=CS.P. The van der Waals surface area contributed by atoms with Crippen LogP contribution in [0.5, 0.6) is 0 Å². The number of rotatable bonds is 0. The molecule has 0 radical (unpaired) electrons. The van der Waals surface area contributed by atoms with E-state index in [2.05, 4.69) is 12.6 Å². The van der Waals surface area contributed by atoms with Crippen molar-refractivity contribution in [3.8, 4) is 0 Å². The second-order valence-electron chi connectivity index (χ2n) is 0.105. The second-order valence-corrected chi connectivity index (χ2v) is 0.316. The molecule has 1 atom stereocenters. The van der Waals surface area contributed by atoms with Crippen molar-refractivity contribution in [3.63, 3.8) is 0 Å². The monoisotopic (exact) mass is 96.0 g/mol. The van der Waals surface area contributed by atoms with Gasteiger partial charge in [0.2, 0.25) is 0 Å². The van der Waals surface area contributed by atoms with Crippen molar-refractivity contribution in [3.05, 3.63) is 0 Å². The van der Waals surface area contributed by atoms with Crippen LogP contribution in [-0.2, 0) is 4.79 Å². The predicted octanol–water partition coefficient (Wildman–Crippen LogP) is 0.164. The van der Waals surface area contributed by atoms with Gasteiger partial charge in [0.15, 0.2) is 5.62 Å². The molecule has 0 amide bonds. The van der Waals surface area contributed by atoms with E-state index in [9.17, 15) is 0 Å². The quantitative estimate of drug-likeness (QED) is 0.258. The minimum absolute atomic E-state index is 0. The van der Waals surface area contributed by atoms with E-state index in [0.717, 1.165) is 0 Å². The van der Waals surface area contributed by atoms with Crippen molar-refractivity contribution < 1.29 is 4.79 Å². The highest BCUT2D eigenvalue weighted by molar-refractivity contribution is 7.94. The van der Waals surface area contributed by atoms with Gasteiger partial charge in [0.05, 0.1) is 0 Å². The molecule has 4 heavy (non-hydrogen) atoms. The summed E-state index contributed by atoms with van der Waals surface area (Å²) in [6, 6.07) is 0. The van der Waals surface area contributed by atoms with Crippen LogP contribution < -0.4 is 0 Å². The summed E-state index contributed by atoms with van der Waals surface area (Å²) in [6.45, 7) is 0. The zero-order valence-electron chi connectivity index (χ0n) is 2.14. The molecule has 0 spiro atoms. The Kier molecular flexibility index (Phi) is 21.7. The lowest BCUT2D eigenvalue weighted by Gasteiger charge is -1.24. The highest BCUT2D eigenvalue weighted by Gasteiger charge is 1.24. The van der Waals surface area contributed by atoms with Crippen LogP contribution in [0, 0.1) is 0 Å². The van der Waals surface area contributed by atoms with Crippen LogP contribution in [-0.4, -0.2) is 5.62 Å². The van der Waals surface area contributed by atoms with Crippen molar-refractivity contribution in [1.82, 2.24) is 0 Å². The van der Waals surface area contributed by atoms with Crippen LogP contribution in [0.1, 0.15) is 0 Å². The molecule has 3 heteroatoms. The zero-order valence-corrected chi connectivity index (χ0v) is 4.45. The number of carbonyl (C=O) groups is 1. The molecule has 0 aromatic rings. The summed E-state index contributed by atoms with van der Waals surface area (Å²) < 4.78 is 0. The Labute approximate surface area is 33.8 Å². The van der Waals surface area contributed by atoms with Gasteiger partial charge in [-0.1, -0.05) is 0 Å². The number of carbonyl (C=O) groups excluding carboxylic acids is 1. The fourth-order valence-electron chi connectivity index (χ4n) is 0. The van der Waals surface area contributed by atoms with Crippen molar-refractivity contribution >= 4 is 28.1 Å². The fourth-order valence-corrected chi connectivity index (χ4v) is 0. The van der Waals surface area contributed by atoms with Crippen molar-refractivity contribution in [2.45, 2.75) is 0 Å². The van der Waals surface area contributed by atoms with Gasteiger partial charge < -0.3 is 0 Å². The lowest BCUT2D eigenvalue weighted by atomic mass is 11.8. The van der Waals surface area contributed by atoms with Gasteiger partial charge in [-0.05, 0) is 0 Å². The maximum absolute atomic E-state index is 8.67. The second kappa shape index (κ2) is 9.85. The molecule has 0 aromatic heterocycles. The molecular weight excluding hydrogens is 91.1 g/mol. The van der Waals surface area contributed by atoms with Crippen molar-refractivity contribution in [2.75, 3.05) is 0 Å². The van der Waals surface area contributed by atoms with E-state index in [-0.39, 0.29) is 9.90 Å². The van der Waals surface area contributed by atoms with Gasteiger partial charge in [0, 0.05) is 0 Å². The number of thiol groups is 1. The van der Waals surface area contributed by atoms with Gasteiger partial charge in [-0.25, -0.2) is 0 Å². The smallest absolute Gasteiger partial charge is 0.173 e. The lowest BCUT2D eigenvalue weighted by molar-refractivity contribution is 0.570. The van der Waals surface area contributed by atoms with E-state index < -0.39 is 0 Å². The third-order valence-corrected chi connectivity index (χ3v) is 0. The molecule has 0 fully saturated rings. The third-order valence-electron chi connectivity index (χ3n) is 0. The third kappa shape index (κ3) is 25.4. The highest BCUT2D eigenvalue weighted by Crippen LogP contribution is 1.39. The maximum atomic E-state index is 8.67. The van der Waals surface area contributed by atoms with Gasteiger partial charge in [-0.2, -0.15) is 9.90 Å². The summed E-state index contributed by atoms with van der Waals surface area (Å²) in [5.41, 5.74) is 0.444. The average Bonchev–Trinajstić information content (AvgIpc) is 0.918. The molecule has 0 aliphatic heterocycles. The number of hydrogen-bond donors (Lipinski definition) is 1. The van der Waals surface area contributed by atoms with Crippen LogP contribution in [0.15, 0.2) is 0 Å². The summed E-state index contributed by atoms with van der Waals surface area (Å²) in [6.07, 6.45) is 0. The van der Waals surface area contributed by atoms with Crippen LogP contribution >= 0.6 is 22.5 Å². The minimum atomic E-state index is 0. The Balaban J connectivity index is 0. The van der Waals surface area contributed by atoms with Crippen LogP contribution in [0.4, 0.5) is 0 Å². The molecule has 0 heterocycles.